The van der Waals surface area contributed by atoms with Crippen LogP contribution in [-0.4, -0.2) is 86.2 Å². The van der Waals surface area contributed by atoms with Gasteiger partial charge in [0.15, 0.2) is 0 Å². The molecule has 5 heteroatoms. The number of piperazine rings is 1. The van der Waals surface area contributed by atoms with Crippen LogP contribution in [0.3, 0.4) is 0 Å². The number of hydrogen-bond acceptors (Lipinski definition) is 4. The predicted octanol–water partition coefficient (Wildman–Crippen LogP) is 1.21. The molecule has 0 saturated carbocycles. The van der Waals surface area contributed by atoms with Crippen molar-refractivity contribution in [2.75, 3.05) is 65.6 Å². The minimum Gasteiger partial charge on any atom is -0.380 e. The van der Waals surface area contributed by atoms with Crippen molar-refractivity contribution >= 4 is 5.91 Å². The van der Waals surface area contributed by atoms with E-state index < -0.39 is 0 Å². The Bertz CT molecular complexity index is 376. The van der Waals surface area contributed by atoms with Crippen molar-refractivity contribution < 1.29 is 9.53 Å². The number of amides is 1. The highest BCUT2D eigenvalue weighted by atomic mass is 16.5. The molecule has 0 N–H and O–H groups in total. The molecule has 5 nitrogen and oxygen atoms in total. The second-order valence-corrected chi connectivity index (χ2v) is 6.13. The lowest BCUT2D eigenvalue weighted by Gasteiger charge is -2.36. The maximum absolute atomic E-state index is 11.7. The number of hydrogen-bond donors (Lipinski definition) is 0. The summed E-state index contributed by atoms with van der Waals surface area (Å²) in [7, 11) is 0. The van der Waals surface area contributed by atoms with Gasteiger partial charge in [-0.2, -0.15) is 0 Å². The molecule has 1 fully saturated rings. The third kappa shape index (κ3) is 5.38. The Hall–Kier alpha value is -0.910. The third-order valence-corrected chi connectivity index (χ3v) is 4.52. The van der Waals surface area contributed by atoms with Crippen molar-refractivity contribution in [3.8, 4) is 0 Å². The van der Waals surface area contributed by atoms with E-state index >= 15 is 0 Å². The van der Waals surface area contributed by atoms with Gasteiger partial charge >= 0.3 is 0 Å². The van der Waals surface area contributed by atoms with E-state index in [0.29, 0.717) is 12.3 Å². The van der Waals surface area contributed by atoms with Gasteiger partial charge in [0.25, 0.3) is 0 Å². The molecule has 0 aromatic heterocycles. The molecule has 0 aromatic carbocycles. The minimum absolute atomic E-state index is 0.290. The van der Waals surface area contributed by atoms with Crippen molar-refractivity contribution in [1.82, 2.24) is 14.7 Å². The fourth-order valence-corrected chi connectivity index (χ4v) is 3.19. The van der Waals surface area contributed by atoms with Gasteiger partial charge in [-0.3, -0.25) is 14.6 Å². The van der Waals surface area contributed by atoms with E-state index in [1.165, 1.54) is 5.57 Å². The summed E-state index contributed by atoms with van der Waals surface area (Å²) in [6.07, 6.45) is 4.18. The zero-order chi connectivity index (χ0) is 15.8. The quantitative estimate of drug-likeness (QED) is 0.523. The van der Waals surface area contributed by atoms with Crippen molar-refractivity contribution in [3.63, 3.8) is 0 Å². The van der Waals surface area contributed by atoms with Crippen LogP contribution in [0, 0.1) is 0 Å². The second-order valence-electron chi connectivity index (χ2n) is 6.13. The first kappa shape index (κ1) is 17.4. The second kappa shape index (κ2) is 9.28. The zero-order valence-corrected chi connectivity index (χ0v) is 14.2. The van der Waals surface area contributed by atoms with Crippen molar-refractivity contribution in [3.05, 3.63) is 11.6 Å². The molecule has 126 valence electrons. The summed E-state index contributed by atoms with van der Waals surface area (Å²) in [6, 6.07) is 0. The van der Waals surface area contributed by atoms with E-state index in [1.807, 2.05) is 18.7 Å². The first-order valence-corrected chi connectivity index (χ1v) is 8.71. The van der Waals surface area contributed by atoms with Gasteiger partial charge in [0.05, 0.1) is 6.61 Å². The fraction of sp³-hybridized carbons (Fsp3) is 0.824. The standard InChI is InChI=1S/C17H31N3O2/c1-3-17(21)20-10-8-19(9-11-20)15-16-6-5-7-18(14-16)12-13-22-4-2/h6H,3-5,7-15H2,1-2H3. The third-order valence-electron chi connectivity index (χ3n) is 4.52. The fourth-order valence-electron chi connectivity index (χ4n) is 3.19. The van der Waals surface area contributed by atoms with Crippen LogP contribution in [0.15, 0.2) is 11.6 Å². The lowest BCUT2D eigenvalue weighted by atomic mass is 10.1. The van der Waals surface area contributed by atoms with E-state index in [0.717, 1.165) is 72.0 Å². The maximum Gasteiger partial charge on any atom is 0.222 e. The number of rotatable bonds is 7. The largest absolute Gasteiger partial charge is 0.380 e. The van der Waals surface area contributed by atoms with Crippen LogP contribution in [-0.2, 0) is 9.53 Å². The molecule has 0 unspecified atom stereocenters. The Morgan fingerprint density at radius 2 is 1.91 bits per heavy atom. The van der Waals surface area contributed by atoms with Gasteiger partial charge in [0, 0.05) is 65.4 Å². The van der Waals surface area contributed by atoms with Crippen LogP contribution < -0.4 is 0 Å². The molecule has 2 aliphatic rings. The van der Waals surface area contributed by atoms with Crippen LogP contribution in [0.1, 0.15) is 26.7 Å². The Kier molecular flexibility index (Phi) is 7.36. The van der Waals surface area contributed by atoms with Crippen molar-refractivity contribution in [2.24, 2.45) is 0 Å². The van der Waals surface area contributed by atoms with Crippen LogP contribution in [0.2, 0.25) is 0 Å². The van der Waals surface area contributed by atoms with Gasteiger partial charge in [-0.25, -0.2) is 0 Å². The van der Waals surface area contributed by atoms with Gasteiger partial charge in [-0.05, 0) is 18.9 Å². The van der Waals surface area contributed by atoms with E-state index in [2.05, 4.69) is 15.9 Å². The lowest BCUT2D eigenvalue weighted by Crippen LogP contribution is -2.49. The average molecular weight is 309 g/mol. The molecule has 2 aliphatic heterocycles. The summed E-state index contributed by atoms with van der Waals surface area (Å²) in [4.78, 5) is 18.7. The van der Waals surface area contributed by atoms with Gasteiger partial charge < -0.3 is 9.64 Å². The number of ether oxygens (including phenoxy) is 1. The smallest absolute Gasteiger partial charge is 0.222 e. The molecular weight excluding hydrogens is 278 g/mol. The van der Waals surface area contributed by atoms with Gasteiger partial charge in [0.1, 0.15) is 0 Å². The van der Waals surface area contributed by atoms with Gasteiger partial charge in [-0.1, -0.05) is 13.0 Å². The summed E-state index contributed by atoms with van der Waals surface area (Å²) in [5.74, 6) is 0.290. The summed E-state index contributed by atoms with van der Waals surface area (Å²) < 4.78 is 5.46. The molecule has 0 aliphatic carbocycles. The lowest BCUT2D eigenvalue weighted by molar-refractivity contribution is -0.132. The summed E-state index contributed by atoms with van der Waals surface area (Å²) in [5.41, 5.74) is 1.53. The predicted molar refractivity (Wildman–Crippen MR) is 88.9 cm³/mol. The molecule has 2 rings (SSSR count). The SMILES string of the molecule is CCOCCN1CCC=C(CN2CCN(C(=O)CC)CC2)C1. The monoisotopic (exact) mass is 309 g/mol. The van der Waals surface area contributed by atoms with E-state index in [1.54, 1.807) is 0 Å². The molecule has 0 atom stereocenters. The van der Waals surface area contributed by atoms with Gasteiger partial charge in [-0.15, -0.1) is 0 Å². The zero-order valence-electron chi connectivity index (χ0n) is 14.2. The average Bonchev–Trinajstić information content (AvgIpc) is 2.55. The molecule has 0 radical (unpaired) electrons. The topological polar surface area (TPSA) is 36.0 Å². The Morgan fingerprint density at radius 3 is 2.59 bits per heavy atom. The Balaban J connectivity index is 1.70. The molecule has 0 aromatic rings. The molecule has 0 spiro atoms. The summed E-state index contributed by atoms with van der Waals surface area (Å²) >= 11 is 0. The molecule has 1 saturated heterocycles. The number of carbonyl (C=O) groups is 1. The molecule has 0 bridgehead atoms. The molecule has 22 heavy (non-hydrogen) atoms. The highest BCUT2D eigenvalue weighted by molar-refractivity contribution is 5.75. The summed E-state index contributed by atoms with van der Waals surface area (Å²) in [6.45, 7) is 13.7. The first-order chi connectivity index (χ1) is 10.7. The highest BCUT2D eigenvalue weighted by Crippen LogP contribution is 2.13. The van der Waals surface area contributed by atoms with Crippen LogP contribution in [0.5, 0.6) is 0 Å². The van der Waals surface area contributed by atoms with Crippen molar-refractivity contribution in [1.29, 1.82) is 0 Å². The van der Waals surface area contributed by atoms with E-state index in [9.17, 15) is 4.79 Å². The van der Waals surface area contributed by atoms with E-state index in [-0.39, 0.29) is 0 Å². The highest BCUT2D eigenvalue weighted by Gasteiger charge is 2.21. The minimum atomic E-state index is 0.290. The van der Waals surface area contributed by atoms with Crippen molar-refractivity contribution in [2.45, 2.75) is 26.7 Å². The maximum atomic E-state index is 11.7. The molecular formula is C17H31N3O2. The summed E-state index contributed by atoms with van der Waals surface area (Å²) in [5, 5.41) is 0. The van der Waals surface area contributed by atoms with Crippen LogP contribution >= 0.6 is 0 Å². The number of nitrogens with zero attached hydrogens (tertiary/aromatic N) is 3. The normalized spacial score (nSPS) is 21.0. The Morgan fingerprint density at radius 1 is 1.14 bits per heavy atom. The number of carbonyl (C=O) groups excluding carboxylic acids is 1. The van der Waals surface area contributed by atoms with Gasteiger partial charge in [0.2, 0.25) is 5.91 Å². The van der Waals surface area contributed by atoms with Crippen LogP contribution in [0.25, 0.3) is 0 Å². The molecule has 1 amide bonds. The molecule has 2 heterocycles. The Labute approximate surface area is 134 Å². The van der Waals surface area contributed by atoms with Crippen LogP contribution in [0.4, 0.5) is 0 Å². The first-order valence-electron chi connectivity index (χ1n) is 8.71. The van der Waals surface area contributed by atoms with E-state index in [4.69, 9.17) is 4.74 Å².